The second-order valence-electron chi connectivity index (χ2n) is 7.84. The molecule has 0 radical (unpaired) electrons. The SMILES string of the molecule is COc1ccc(-n2c(SCCCn3c(=O)[nH]c4ccccc43)nnc2-c2ccccc2OC)cc1. The molecular formula is C26H25N5O3S. The molecule has 2 heterocycles. The Labute approximate surface area is 206 Å². The van der Waals surface area contributed by atoms with Gasteiger partial charge in [0.1, 0.15) is 11.5 Å². The van der Waals surface area contributed by atoms with Crippen molar-refractivity contribution in [1.82, 2.24) is 24.3 Å². The number of hydrogen-bond donors (Lipinski definition) is 1. The number of aryl methyl sites for hydroxylation is 1. The number of methoxy groups -OCH3 is 2. The van der Waals surface area contributed by atoms with Crippen LogP contribution in [0.25, 0.3) is 28.1 Å². The normalized spacial score (nSPS) is 11.1. The predicted octanol–water partition coefficient (Wildman–Crippen LogP) is 4.78. The van der Waals surface area contributed by atoms with Crippen LogP contribution in [0.5, 0.6) is 11.5 Å². The van der Waals surface area contributed by atoms with Crippen molar-refractivity contribution in [3.8, 4) is 28.6 Å². The fraction of sp³-hybridized carbons (Fsp3) is 0.192. The maximum Gasteiger partial charge on any atom is 0.326 e. The van der Waals surface area contributed by atoms with Crippen molar-refractivity contribution in [1.29, 1.82) is 0 Å². The number of H-pyrrole nitrogens is 1. The Balaban J connectivity index is 1.41. The van der Waals surface area contributed by atoms with Gasteiger partial charge in [0.25, 0.3) is 0 Å². The maximum absolute atomic E-state index is 12.4. The summed E-state index contributed by atoms with van der Waals surface area (Å²) in [6.07, 6.45) is 0.798. The molecule has 1 N–H and O–H groups in total. The van der Waals surface area contributed by atoms with Gasteiger partial charge in [-0.25, -0.2) is 4.79 Å². The van der Waals surface area contributed by atoms with Crippen LogP contribution in [-0.4, -0.2) is 44.3 Å². The Hall–Kier alpha value is -3.98. The highest BCUT2D eigenvalue weighted by atomic mass is 32.2. The smallest absolute Gasteiger partial charge is 0.326 e. The van der Waals surface area contributed by atoms with Gasteiger partial charge in [0.05, 0.1) is 36.5 Å². The molecule has 178 valence electrons. The number of rotatable bonds is 9. The summed E-state index contributed by atoms with van der Waals surface area (Å²) in [6.45, 7) is 0.617. The molecule has 0 fully saturated rings. The Morgan fingerprint density at radius 2 is 1.69 bits per heavy atom. The predicted molar refractivity (Wildman–Crippen MR) is 138 cm³/mol. The summed E-state index contributed by atoms with van der Waals surface area (Å²) in [4.78, 5) is 15.3. The molecule has 0 unspecified atom stereocenters. The van der Waals surface area contributed by atoms with Gasteiger partial charge >= 0.3 is 5.69 Å². The molecule has 0 saturated heterocycles. The largest absolute Gasteiger partial charge is 0.497 e. The number of thioether (sulfide) groups is 1. The molecule has 8 nitrogen and oxygen atoms in total. The first-order valence-corrected chi connectivity index (χ1v) is 12.2. The first kappa shape index (κ1) is 22.8. The topological polar surface area (TPSA) is 87.0 Å². The lowest BCUT2D eigenvalue weighted by atomic mass is 10.2. The number of imidazole rings is 1. The highest BCUT2D eigenvalue weighted by molar-refractivity contribution is 7.99. The van der Waals surface area contributed by atoms with Gasteiger partial charge in [0.15, 0.2) is 11.0 Å². The Bertz CT molecular complexity index is 1500. The second kappa shape index (κ2) is 10.1. The molecule has 0 bridgehead atoms. The van der Waals surface area contributed by atoms with Gasteiger partial charge in [0, 0.05) is 12.3 Å². The van der Waals surface area contributed by atoms with Crippen molar-refractivity contribution in [3.05, 3.63) is 83.3 Å². The molecule has 35 heavy (non-hydrogen) atoms. The Kier molecular flexibility index (Phi) is 6.58. The van der Waals surface area contributed by atoms with Crippen LogP contribution in [0.3, 0.4) is 0 Å². The maximum atomic E-state index is 12.4. The van der Waals surface area contributed by atoms with E-state index in [1.807, 2.05) is 77.4 Å². The van der Waals surface area contributed by atoms with Crippen LogP contribution < -0.4 is 15.2 Å². The number of nitrogens with zero attached hydrogens (tertiary/aromatic N) is 4. The number of para-hydroxylation sites is 3. The Morgan fingerprint density at radius 1 is 0.914 bits per heavy atom. The molecule has 0 aliphatic heterocycles. The molecule has 0 saturated carbocycles. The minimum absolute atomic E-state index is 0.0870. The number of benzene rings is 3. The van der Waals surface area contributed by atoms with Crippen molar-refractivity contribution < 1.29 is 9.47 Å². The average molecular weight is 488 g/mol. The van der Waals surface area contributed by atoms with E-state index in [-0.39, 0.29) is 5.69 Å². The summed E-state index contributed by atoms with van der Waals surface area (Å²) in [6, 6.07) is 23.3. The standard InChI is InChI=1S/C26H25N5O3S/c1-33-19-14-12-18(13-15-19)31-24(20-8-3-6-11-23(20)34-2)28-29-26(31)35-17-7-16-30-22-10-5-4-9-21(22)27-25(30)32/h3-6,8-15H,7,16-17H2,1-2H3,(H,27,32). The van der Waals surface area contributed by atoms with E-state index in [4.69, 9.17) is 9.47 Å². The van der Waals surface area contributed by atoms with Gasteiger partial charge < -0.3 is 14.5 Å². The van der Waals surface area contributed by atoms with Crippen molar-refractivity contribution in [3.63, 3.8) is 0 Å². The fourth-order valence-electron chi connectivity index (χ4n) is 4.05. The molecule has 0 aliphatic rings. The zero-order chi connectivity index (χ0) is 24.2. The summed E-state index contributed by atoms with van der Waals surface area (Å²) in [5.41, 5.74) is 3.46. The van der Waals surface area contributed by atoms with Crippen molar-refractivity contribution in [2.24, 2.45) is 0 Å². The number of nitrogens with one attached hydrogen (secondary N) is 1. The molecule has 0 spiro atoms. The second-order valence-corrected chi connectivity index (χ2v) is 8.90. The summed E-state index contributed by atoms with van der Waals surface area (Å²) in [7, 11) is 3.30. The molecule has 0 amide bonds. The van der Waals surface area contributed by atoms with E-state index in [0.717, 1.165) is 51.1 Å². The summed E-state index contributed by atoms with van der Waals surface area (Å²) in [5, 5.41) is 9.79. The number of aromatic nitrogens is 5. The van der Waals surface area contributed by atoms with E-state index >= 15 is 0 Å². The van der Waals surface area contributed by atoms with Gasteiger partial charge in [0.2, 0.25) is 0 Å². The minimum Gasteiger partial charge on any atom is -0.497 e. The molecule has 5 rings (SSSR count). The molecule has 0 aliphatic carbocycles. The van der Waals surface area contributed by atoms with Crippen LogP contribution in [0.15, 0.2) is 82.7 Å². The number of fused-ring (bicyclic) bond motifs is 1. The lowest BCUT2D eigenvalue weighted by Crippen LogP contribution is -2.17. The van der Waals surface area contributed by atoms with Gasteiger partial charge in [-0.1, -0.05) is 36.0 Å². The first-order valence-electron chi connectivity index (χ1n) is 11.2. The summed E-state index contributed by atoms with van der Waals surface area (Å²) in [5.74, 6) is 2.97. The lowest BCUT2D eigenvalue weighted by molar-refractivity contribution is 0.414. The zero-order valence-corrected chi connectivity index (χ0v) is 20.3. The summed E-state index contributed by atoms with van der Waals surface area (Å²) < 4.78 is 14.7. The average Bonchev–Trinajstić information content (AvgIpc) is 3.46. The Morgan fingerprint density at radius 3 is 2.49 bits per heavy atom. The molecule has 0 atom stereocenters. The minimum atomic E-state index is -0.0870. The van der Waals surface area contributed by atoms with Gasteiger partial charge in [-0.05, 0) is 55.0 Å². The third-order valence-corrected chi connectivity index (χ3v) is 6.77. The van der Waals surface area contributed by atoms with Crippen LogP contribution in [-0.2, 0) is 6.54 Å². The molecule has 5 aromatic rings. The van der Waals surface area contributed by atoms with Crippen molar-refractivity contribution in [2.45, 2.75) is 18.1 Å². The fourth-order valence-corrected chi connectivity index (χ4v) is 4.92. The van der Waals surface area contributed by atoms with E-state index in [0.29, 0.717) is 12.4 Å². The highest BCUT2D eigenvalue weighted by Crippen LogP contribution is 2.33. The number of aromatic amines is 1. The quantitative estimate of drug-likeness (QED) is 0.238. The number of ether oxygens (including phenoxy) is 2. The summed E-state index contributed by atoms with van der Waals surface area (Å²) >= 11 is 1.61. The first-order chi connectivity index (χ1) is 17.2. The molecule has 9 heteroatoms. The molecule has 3 aromatic carbocycles. The van der Waals surface area contributed by atoms with Crippen LogP contribution in [0, 0.1) is 0 Å². The number of hydrogen-bond acceptors (Lipinski definition) is 6. The van der Waals surface area contributed by atoms with E-state index in [2.05, 4.69) is 15.2 Å². The van der Waals surface area contributed by atoms with Gasteiger partial charge in [-0.2, -0.15) is 0 Å². The van der Waals surface area contributed by atoms with Crippen LogP contribution in [0.1, 0.15) is 6.42 Å². The zero-order valence-electron chi connectivity index (χ0n) is 19.5. The van der Waals surface area contributed by atoms with Gasteiger partial charge in [-0.3, -0.25) is 9.13 Å². The van der Waals surface area contributed by atoms with Gasteiger partial charge in [-0.15, -0.1) is 10.2 Å². The molecular weight excluding hydrogens is 462 g/mol. The van der Waals surface area contributed by atoms with E-state index < -0.39 is 0 Å². The van der Waals surface area contributed by atoms with Crippen LogP contribution in [0.4, 0.5) is 0 Å². The monoisotopic (exact) mass is 487 g/mol. The van der Waals surface area contributed by atoms with Crippen LogP contribution in [0.2, 0.25) is 0 Å². The van der Waals surface area contributed by atoms with Crippen LogP contribution >= 0.6 is 11.8 Å². The third-order valence-electron chi connectivity index (χ3n) is 5.75. The van der Waals surface area contributed by atoms with E-state index in [1.54, 1.807) is 30.5 Å². The highest BCUT2D eigenvalue weighted by Gasteiger charge is 2.19. The molecule has 2 aromatic heterocycles. The van der Waals surface area contributed by atoms with E-state index in [1.165, 1.54) is 0 Å². The lowest BCUT2D eigenvalue weighted by Gasteiger charge is -2.13. The van der Waals surface area contributed by atoms with Crippen molar-refractivity contribution in [2.75, 3.05) is 20.0 Å². The third kappa shape index (κ3) is 4.54. The van der Waals surface area contributed by atoms with E-state index in [9.17, 15) is 4.79 Å². The van der Waals surface area contributed by atoms with Crippen molar-refractivity contribution >= 4 is 22.8 Å².